The van der Waals surface area contributed by atoms with Crippen molar-refractivity contribution in [2.75, 3.05) is 13.7 Å². The van der Waals surface area contributed by atoms with Gasteiger partial charge in [0.05, 0.1) is 19.8 Å². The Hall–Kier alpha value is -2.41. The second-order valence-electron chi connectivity index (χ2n) is 6.31. The summed E-state index contributed by atoms with van der Waals surface area (Å²) in [6, 6.07) is 6.83. The molecule has 0 aromatic heterocycles. The van der Waals surface area contributed by atoms with Crippen LogP contribution in [-0.4, -0.2) is 13.7 Å². The average molecular weight is 384 g/mol. The lowest BCUT2D eigenvalue weighted by Crippen LogP contribution is -2.19. The van der Waals surface area contributed by atoms with Gasteiger partial charge in [0.1, 0.15) is 0 Å². The Kier molecular flexibility index (Phi) is 5.79. The Morgan fingerprint density at radius 1 is 0.963 bits per heavy atom. The molecule has 0 amide bonds. The van der Waals surface area contributed by atoms with Gasteiger partial charge in [-0.25, -0.2) is 13.2 Å². The van der Waals surface area contributed by atoms with E-state index < -0.39 is 35.4 Å². The van der Waals surface area contributed by atoms with Gasteiger partial charge in [0.15, 0.2) is 17.5 Å². The van der Waals surface area contributed by atoms with Crippen LogP contribution in [0.3, 0.4) is 0 Å². The Morgan fingerprint density at radius 2 is 1.59 bits per heavy atom. The molecule has 1 aliphatic heterocycles. The Morgan fingerprint density at radius 3 is 2.11 bits per heavy atom. The number of benzene rings is 2. The van der Waals surface area contributed by atoms with Gasteiger partial charge >= 0.3 is 6.01 Å². The minimum atomic E-state index is -1.50. The molecule has 7 heteroatoms. The molecule has 0 radical (unpaired) electrons. The van der Waals surface area contributed by atoms with E-state index in [4.69, 9.17) is 4.74 Å². The van der Waals surface area contributed by atoms with Gasteiger partial charge in [-0.05, 0) is 36.1 Å². The highest BCUT2D eigenvalue weighted by atomic mass is 19.2. The molecule has 0 saturated carbocycles. The molecule has 0 bridgehead atoms. The number of hydrogen-bond acceptors (Lipinski definition) is 2. The van der Waals surface area contributed by atoms with Crippen LogP contribution in [0, 0.1) is 17.5 Å². The Labute approximate surface area is 153 Å². The van der Waals surface area contributed by atoms with E-state index in [1.807, 2.05) is 0 Å². The monoisotopic (exact) mass is 384 g/mol. The summed E-state index contributed by atoms with van der Waals surface area (Å²) in [5, 5.41) is 0. The number of methoxy groups -OCH3 is 1. The van der Waals surface area contributed by atoms with Gasteiger partial charge < -0.3 is 9.47 Å². The third-order valence-corrected chi connectivity index (χ3v) is 4.64. The first-order valence-electron chi connectivity index (χ1n) is 8.36. The first-order chi connectivity index (χ1) is 12.9. The van der Waals surface area contributed by atoms with Crippen molar-refractivity contribution in [1.82, 2.24) is 0 Å². The maximum atomic E-state index is 13.7. The van der Waals surface area contributed by atoms with E-state index in [1.54, 1.807) is 12.1 Å². The lowest BCUT2D eigenvalue weighted by atomic mass is 9.89. The lowest BCUT2D eigenvalue weighted by Gasteiger charge is -2.29. The molecule has 0 N–H and O–H groups in total. The van der Waals surface area contributed by atoms with Crippen molar-refractivity contribution in [3.8, 4) is 0 Å². The first-order valence-corrected chi connectivity index (χ1v) is 8.36. The molecule has 1 aliphatic rings. The molecule has 0 spiro atoms. The largest absolute Gasteiger partial charge is 0.472 e. The fraction of sp³-hybridized carbons (Fsp3) is 0.300. The molecule has 2 atom stereocenters. The van der Waals surface area contributed by atoms with Crippen molar-refractivity contribution in [3.05, 3.63) is 76.6 Å². The second-order valence-corrected chi connectivity index (χ2v) is 6.31. The zero-order valence-corrected chi connectivity index (χ0v) is 14.4. The summed E-state index contributed by atoms with van der Waals surface area (Å²) in [4.78, 5) is 0. The van der Waals surface area contributed by atoms with Gasteiger partial charge in [-0.15, -0.1) is 0 Å². The summed E-state index contributed by atoms with van der Waals surface area (Å²) in [5.41, 5.74) is 1.19. The zero-order chi connectivity index (χ0) is 19.6. The molecule has 1 saturated heterocycles. The Bertz CT molecular complexity index is 817. The summed E-state index contributed by atoms with van der Waals surface area (Å²) in [6.07, 6.45) is 0.625. The van der Waals surface area contributed by atoms with Crippen molar-refractivity contribution in [1.29, 1.82) is 0 Å². The van der Waals surface area contributed by atoms with Crippen LogP contribution in [0.1, 0.15) is 41.6 Å². The lowest BCUT2D eigenvalue weighted by molar-refractivity contribution is 0.00196. The standard InChI is InChI=1S/C20H17F5O2/c1-26-20(25)18(23)12-4-2-11(3-5-12)13-6-7-17(27-10-13)14-8-15(21)19(24)16(22)9-14/h2-5,8-9,13,17H,6-7,10H2,1H3/b20-18-. The highest BCUT2D eigenvalue weighted by Gasteiger charge is 2.26. The van der Waals surface area contributed by atoms with E-state index >= 15 is 0 Å². The second kappa shape index (κ2) is 8.08. The summed E-state index contributed by atoms with van der Waals surface area (Å²) < 4.78 is 76.6. The normalized spacial score (nSPS) is 21.0. The molecule has 2 aromatic carbocycles. The highest BCUT2D eigenvalue weighted by Crippen LogP contribution is 2.36. The van der Waals surface area contributed by atoms with E-state index in [0.29, 0.717) is 12.8 Å². The molecule has 2 aromatic rings. The van der Waals surface area contributed by atoms with Crippen LogP contribution in [0.4, 0.5) is 22.0 Å². The molecular formula is C20H17F5O2. The van der Waals surface area contributed by atoms with E-state index in [1.165, 1.54) is 12.1 Å². The molecule has 1 heterocycles. The maximum absolute atomic E-state index is 13.7. The molecular weight excluding hydrogens is 367 g/mol. The van der Waals surface area contributed by atoms with Gasteiger partial charge in [0.25, 0.3) is 0 Å². The topological polar surface area (TPSA) is 18.5 Å². The van der Waals surface area contributed by atoms with Gasteiger partial charge in [0.2, 0.25) is 5.83 Å². The predicted octanol–water partition coefficient (Wildman–Crippen LogP) is 5.95. The molecule has 0 aliphatic carbocycles. The predicted molar refractivity (Wildman–Crippen MR) is 89.6 cm³/mol. The van der Waals surface area contributed by atoms with Crippen LogP contribution >= 0.6 is 0 Å². The van der Waals surface area contributed by atoms with Crippen LogP contribution in [0.5, 0.6) is 0 Å². The SMILES string of the molecule is CO/C(F)=C(\F)c1ccc(C2CCC(c3cc(F)c(F)c(F)c3)OC2)cc1. The van der Waals surface area contributed by atoms with Crippen LogP contribution in [0.15, 0.2) is 42.4 Å². The fourth-order valence-corrected chi connectivity index (χ4v) is 3.14. The number of hydrogen-bond donors (Lipinski definition) is 0. The highest BCUT2D eigenvalue weighted by molar-refractivity contribution is 5.60. The molecule has 2 nitrogen and oxygen atoms in total. The van der Waals surface area contributed by atoms with Crippen molar-refractivity contribution in [2.24, 2.45) is 0 Å². The molecule has 3 rings (SSSR count). The van der Waals surface area contributed by atoms with Crippen LogP contribution < -0.4 is 0 Å². The minimum absolute atomic E-state index is 0.00440. The summed E-state index contributed by atoms with van der Waals surface area (Å²) >= 11 is 0. The minimum Gasteiger partial charge on any atom is -0.472 e. The number of halogens is 5. The van der Waals surface area contributed by atoms with Gasteiger partial charge in [0, 0.05) is 11.5 Å². The van der Waals surface area contributed by atoms with Crippen LogP contribution in [0.2, 0.25) is 0 Å². The van der Waals surface area contributed by atoms with Crippen LogP contribution in [-0.2, 0) is 9.47 Å². The number of ether oxygens (including phenoxy) is 2. The summed E-state index contributed by atoms with van der Waals surface area (Å²) in [5.74, 6) is -5.07. The van der Waals surface area contributed by atoms with Crippen molar-refractivity contribution in [2.45, 2.75) is 24.9 Å². The van der Waals surface area contributed by atoms with Crippen molar-refractivity contribution >= 4 is 5.83 Å². The zero-order valence-electron chi connectivity index (χ0n) is 14.4. The smallest absolute Gasteiger partial charge is 0.309 e. The summed E-state index contributed by atoms with van der Waals surface area (Å²) in [6.45, 7) is 0.287. The Balaban J connectivity index is 1.67. The first kappa shape index (κ1) is 19.4. The molecule has 144 valence electrons. The van der Waals surface area contributed by atoms with E-state index in [-0.39, 0.29) is 23.7 Å². The quantitative estimate of drug-likeness (QED) is 0.368. The van der Waals surface area contributed by atoms with E-state index in [2.05, 4.69) is 4.74 Å². The number of rotatable bonds is 4. The van der Waals surface area contributed by atoms with E-state index in [0.717, 1.165) is 24.8 Å². The van der Waals surface area contributed by atoms with Gasteiger partial charge in [-0.1, -0.05) is 24.3 Å². The van der Waals surface area contributed by atoms with Gasteiger partial charge in [-0.2, -0.15) is 8.78 Å². The molecule has 1 fully saturated rings. The van der Waals surface area contributed by atoms with Crippen molar-refractivity contribution < 1.29 is 31.4 Å². The molecule has 27 heavy (non-hydrogen) atoms. The third kappa shape index (κ3) is 4.13. The fourth-order valence-electron chi connectivity index (χ4n) is 3.14. The average Bonchev–Trinajstić information content (AvgIpc) is 2.70. The maximum Gasteiger partial charge on any atom is 0.309 e. The van der Waals surface area contributed by atoms with E-state index in [9.17, 15) is 22.0 Å². The summed E-state index contributed by atoms with van der Waals surface area (Å²) in [7, 11) is 1.04. The third-order valence-electron chi connectivity index (χ3n) is 4.64. The van der Waals surface area contributed by atoms with Crippen LogP contribution in [0.25, 0.3) is 5.83 Å². The van der Waals surface area contributed by atoms with Gasteiger partial charge in [-0.3, -0.25) is 0 Å². The van der Waals surface area contributed by atoms with Crippen molar-refractivity contribution in [3.63, 3.8) is 0 Å². The molecule has 2 unspecified atom stereocenters.